The third kappa shape index (κ3) is 1.81. The molecule has 0 N–H and O–H groups in total. The lowest BCUT2D eigenvalue weighted by molar-refractivity contribution is -0.134. The number of hydrogen-bond donors (Lipinski definition) is 0. The molecule has 1 aliphatic rings. The normalized spacial score (nSPS) is 17.8. The number of rotatable bonds is 4. The molecule has 1 aliphatic heterocycles. The zero-order chi connectivity index (χ0) is 11.5. The van der Waals surface area contributed by atoms with E-state index in [0.717, 1.165) is 17.7 Å². The second-order valence-electron chi connectivity index (χ2n) is 3.68. The van der Waals surface area contributed by atoms with Crippen LogP contribution in [-0.2, 0) is 4.79 Å². The van der Waals surface area contributed by atoms with Crippen molar-refractivity contribution < 1.29 is 14.3 Å². The predicted octanol–water partition coefficient (Wildman–Crippen LogP) is 2.66. The van der Waals surface area contributed by atoms with Gasteiger partial charge in [0.05, 0.1) is 5.92 Å². The first-order chi connectivity index (χ1) is 7.76. The molecule has 1 aromatic carbocycles. The summed E-state index contributed by atoms with van der Waals surface area (Å²) in [4.78, 5) is 11.5. The van der Waals surface area contributed by atoms with Crippen molar-refractivity contribution in [1.29, 1.82) is 0 Å². The van der Waals surface area contributed by atoms with E-state index in [-0.39, 0.29) is 11.9 Å². The number of ether oxygens (including phenoxy) is 2. The van der Waals surface area contributed by atoms with Crippen molar-refractivity contribution in [1.82, 2.24) is 0 Å². The Hall–Kier alpha value is -1.77. The highest BCUT2D eigenvalue weighted by atomic mass is 16.5. The largest absolute Gasteiger partial charge is 0.490 e. The Balaban J connectivity index is 2.28. The van der Waals surface area contributed by atoms with Crippen LogP contribution in [-0.4, -0.2) is 12.6 Å². The molecule has 3 heteroatoms. The van der Waals surface area contributed by atoms with E-state index < -0.39 is 0 Å². The molecule has 3 nitrogen and oxygen atoms in total. The molecule has 0 aromatic heterocycles. The lowest BCUT2D eigenvalue weighted by atomic mass is 9.98. The molecular formula is C13H14O3. The molecule has 84 valence electrons. The molecule has 16 heavy (non-hydrogen) atoms. The fourth-order valence-corrected chi connectivity index (χ4v) is 1.83. The van der Waals surface area contributed by atoms with Gasteiger partial charge in [0.15, 0.2) is 0 Å². The maximum atomic E-state index is 11.5. The molecule has 1 unspecified atom stereocenters. The number of fused-ring (bicyclic) bond motifs is 1. The molecule has 1 atom stereocenters. The van der Waals surface area contributed by atoms with Gasteiger partial charge in [0.25, 0.3) is 0 Å². The van der Waals surface area contributed by atoms with Gasteiger partial charge in [-0.1, -0.05) is 19.6 Å². The van der Waals surface area contributed by atoms with Crippen LogP contribution in [0.4, 0.5) is 0 Å². The Bertz CT molecular complexity index is 423. The number of hydrogen-bond acceptors (Lipinski definition) is 3. The summed E-state index contributed by atoms with van der Waals surface area (Å²) in [6, 6.07) is 5.45. The van der Waals surface area contributed by atoms with Gasteiger partial charge in [0.2, 0.25) is 0 Å². The highest BCUT2D eigenvalue weighted by molar-refractivity contribution is 5.86. The SMILES string of the molecule is C=CCOc1ccc2c(c1)C(CC)C(=O)O2. The molecule has 0 aliphatic carbocycles. The summed E-state index contributed by atoms with van der Waals surface area (Å²) in [5.74, 6) is 1.08. The van der Waals surface area contributed by atoms with E-state index in [4.69, 9.17) is 9.47 Å². The van der Waals surface area contributed by atoms with Crippen molar-refractivity contribution in [3.63, 3.8) is 0 Å². The lowest BCUT2D eigenvalue weighted by Crippen LogP contribution is -2.08. The second kappa shape index (κ2) is 4.39. The van der Waals surface area contributed by atoms with Gasteiger partial charge in [-0.25, -0.2) is 0 Å². The van der Waals surface area contributed by atoms with Crippen LogP contribution < -0.4 is 9.47 Å². The van der Waals surface area contributed by atoms with Crippen molar-refractivity contribution in [3.8, 4) is 11.5 Å². The van der Waals surface area contributed by atoms with Gasteiger partial charge in [0.1, 0.15) is 18.1 Å². The average Bonchev–Trinajstić information content (AvgIpc) is 2.61. The van der Waals surface area contributed by atoms with Crippen LogP contribution >= 0.6 is 0 Å². The maximum absolute atomic E-state index is 11.5. The molecule has 0 bridgehead atoms. The first-order valence-electron chi connectivity index (χ1n) is 5.35. The Kier molecular flexibility index (Phi) is 2.95. The van der Waals surface area contributed by atoms with Gasteiger partial charge in [-0.2, -0.15) is 0 Å². The Morgan fingerprint density at radius 1 is 1.56 bits per heavy atom. The monoisotopic (exact) mass is 218 g/mol. The summed E-state index contributed by atoms with van der Waals surface area (Å²) in [5.41, 5.74) is 0.925. The van der Waals surface area contributed by atoms with Crippen LogP contribution in [0.25, 0.3) is 0 Å². The Morgan fingerprint density at radius 3 is 3.06 bits per heavy atom. The molecule has 2 rings (SSSR count). The topological polar surface area (TPSA) is 35.5 Å². The number of esters is 1. The smallest absolute Gasteiger partial charge is 0.318 e. The minimum atomic E-state index is -0.168. The van der Waals surface area contributed by atoms with Crippen LogP contribution in [0.1, 0.15) is 24.8 Å². The fourth-order valence-electron chi connectivity index (χ4n) is 1.83. The van der Waals surface area contributed by atoms with Crippen molar-refractivity contribution in [3.05, 3.63) is 36.4 Å². The zero-order valence-corrected chi connectivity index (χ0v) is 9.23. The van der Waals surface area contributed by atoms with Crippen molar-refractivity contribution in [2.24, 2.45) is 0 Å². The number of carbonyl (C=O) groups is 1. The Morgan fingerprint density at radius 2 is 2.38 bits per heavy atom. The van der Waals surface area contributed by atoms with Crippen molar-refractivity contribution in [2.45, 2.75) is 19.3 Å². The summed E-state index contributed by atoms with van der Waals surface area (Å²) < 4.78 is 10.6. The predicted molar refractivity (Wildman–Crippen MR) is 60.8 cm³/mol. The highest BCUT2D eigenvalue weighted by Gasteiger charge is 2.31. The van der Waals surface area contributed by atoms with E-state index in [9.17, 15) is 4.79 Å². The molecular weight excluding hydrogens is 204 g/mol. The summed E-state index contributed by atoms with van der Waals surface area (Å²) >= 11 is 0. The van der Waals surface area contributed by atoms with Gasteiger partial charge >= 0.3 is 5.97 Å². The van der Waals surface area contributed by atoms with E-state index in [1.165, 1.54) is 0 Å². The van der Waals surface area contributed by atoms with Gasteiger partial charge in [-0.15, -0.1) is 0 Å². The third-order valence-corrected chi connectivity index (χ3v) is 2.63. The van der Waals surface area contributed by atoms with E-state index >= 15 is 0 Å². The van der Waals surface area contributed by atoms with Crippen LogP contribution in [0.15, 0.2) is 30.9 Å². The number of benzene rings is 1. The summed E-state index contributed by atoms with van der Waals surface area (Å²) in [6.07, 6.45) is 2.43. The fraction of sp³-hybridized carbons (Fsp3) is 0.308. The van der Waals surface area contributed by atoms with E-state index in [1.54, 1.807) is 18.2 Å². The van der Waals surface area contributed by atoms with Crippen LogP contribution in [0, 0.1) is 0 Å². The van der Waals surface area contributed by atoms with E-state index in [1.807, 2.05) is 13.0 Å². The molecule has 0 amide bonds. The maximum Gasteiger partial charge on any atom is 0.318 e. The van der Waals surface area contributed by atoms with Crippen molar-refractivity contribution in [2.75, 3.05) is 6.61 Å². The molecule has 0 spiro atoms. The van der Waals surface area contributed by atoms with Gasteiger partial charge in [-0.05, 0) is 24.6 Å². The number of carbonyl (C=O) groups excluding carboxylic acids is 1. The second-order valence-corrected chi connectivity index (χ2v) is 3.68. The lowest BCUT2D eigenvalue weighted by Gasteiger charge is -2.06. The van der Waals surface area contributed by atoms with Crippen LogP contribution in [0.3, 0.4) is 0 Å². The minimum absolute atomic E-state index is 0.151. The highest BCUT2D eigenvalue weighted by Crippen LogP contribution is 2.38. The average molecular weight is 218 g/mol. The van der Waals surface area contributed by atoms with Gasteiger partial charge in [0, 0.05) is 5.56 Å². The van der Waals surface area contributed by atoms with E-state index in [0.29, 0.717) is 12.4 Å². The summed E-state index contributed by atoms with van der Waals surface area (Å²) in [7, 11) is 0. The first kappa shape index (κ1) is 10.7. The summed E-state index contributed by atoms with van der Waals surface area (Å²) in [5, 5.41) is 0. The van der Waals surface area contributed by atoms with Crippen LogP contribution in [0.2, 0.25) is 0 Å². The van der Waals surface area contributed by atoms with Crippen molar-refractivity contribution >= 4 is 5.97 Å². The third-order valence-electron chi connectivity index (χ3n) is 2.63. The molecule has 1 heterocycles. The minimum Gasteiger partial charge on any atom is -0.490 e. The quantitative estimate of drug-likeness (QED) is 0.443. The summed E-state index contributed by atoms with van der Waals surface area (Å²) in [6.45, 7) is 6.02. The molecule has 0 radical (unpaired) electrons. The standard InChI is InChI=1S/C13H14O3/c1-3-7-15-9-5-6-12-11(8-9)10(4-2)13(14)16-12/h3,5-6,8,10H,1,4,7H2,2H3. The van der Waals surface area contributed by atoms with Crippen LogP contribution in [0.5, 0.6) is 11.5 Å². The van der Waals surface area contributed by atoms with E-state index in [2.05, 4.69) is 6.58 Å². The van der Waals surface area contributed by atoms with Gasteiger partial charge in [-0.3, -0.25) is 4.79 Å². The zero-order valence-electron chi connectivity index (χ0n) is 9.23. The molecule has 0 fully saturated rings. The molecule has 0 saturated heterocycles. The van der Waals surface area contributed by atoms with Gasteiger partial charge < -0.3 is 9.47 Å². The molecule has 1 aromatic rings. The molecule has 0 saturated carbocycles. The Labute approximate surface area is 94.7 Å². The first-order valence-corrected chi connectivity index (χ1v) is 5.35.